The molecular weight excluding hydrogens is 288 g/mol. The molecular formula is C19H22N2S. The van der Waals surface area contributed by atoms with E-state index in [1.165, 1.54) is 33.5 Å². The Morgan fingerprint density at radius 3 is 2.82 bits per heavy atom. The van der Waals surface area contributed by atoms with E-state index in [4.69, 9.17) is 4.98 Å². The molecule has 0 aliphatic rings. The first-order valence-electron chi connectivity index (χ1n) is 7.97. The van der Waals surface area contributed by atoms with Gasteiger partial charge in [0.2, 0.25) is 0 Å². The largest absolute Gasteiger partial charge is 0.316 e. The van der Waals surface area contributed by atoms with Crippen molar-refractivity contribution >= 4 is 22.1 Å². The fourth-order valence-corrected chi connectivity index (χ4v) is 3.52. The molecule has 0 aliphatic carbocycles. The van der Waals surface area contributed by atoms with E-state index in [1.54, 1.807) is 11.3 Å². The summed E-state index contributed by atoms with van der Waals surface area (Å²) < 4.78 is 0. The number of hydrogen-bond acceptors (Lipinski definition) is 3. The van der Waals surface area contributed by atoms with Crippen LogP contribution >= 0.6 is 11.3 Å². The summed E-state index contributed by atoms with van der Waals surface area (Å²) in [6, 6.07) is 15.1. The summed E-state index contributed by atoms with van der Waals surface area (Å²) in [5, 5.41) is 9.49. The van der Waals surface area contributed by atoms with Gasteiger partial charge in [0.15, 0.2) is 0 Å². The lowest BCUT2D eigenvalue weighted by Crippen LogP contribution is -2.17. The lowest BCUT2D eigenvalue weighted by molar-refractivity contribution is 0.666. The van der Waals surface area contributed by atoms with E-state index in [9.17, 15) is 0 Å². The highest BCUT2D eigenvalue weighted by molar-refractivity contribution is 7.09. The molecule has 3 heteroatoms. The minimum absolute atomic E-state index is 0.925. The van der Waals surface area contributed by atoms with E-state index in [0.717, 1.165) is 25.9 Å². The third-order valence-electron chi connectivity index (χ3n) is 3.81. The molecule has 0 fully saturated rings. The molecule has 0 spiro atoms. The van der Waals surface area contributed by atoms with E-state index < -0.39 is 0 Å². The lowest BCUT2D eigenvalue weighted by Gasteiger charge is -2.04. The zero-order valence-electron chi connectivity index (χ0n) is 13.0. The molecule has 114 valence electrons. The lowest BCUT2D eigenvalue weighted by atomic mass is 10.0. The minimum Gasteiger partial charge on any atom is -0.316 e. The van der Waals surface area contributed by atoms with Gasteiger partial charge in [-0.25, -0.2) is 4.98 Å². The van der Waals surface area contributed by atoms with Gasteiger partial charge in [-0.1, -0.05) is 49.4 Å². The second-order valence-corrected chi connectivity index (χ2v) is 6.49. The molecule has 22 heavy (non-hydrogen) atoms. The summed E-state index contributed by atoms with van der Waals surface area (Å²) in [6.07, 6.45) is 3.13. The maximum Gasteiger partial charge on any atom is 0.0972 e. The normalized spacial score (nSPS) is 11.1. The van der Waals surface area contributed by atoms with Crippen LogP contribution in [0.5, 0.6) is 0 Å². The van der Waals surface area contributed by atoms with Crippen molar-refractivity contribution in [2.45, 2.75) is 26.2 Å². The Bertz CT molecular complexity index is 728. The van der Waals surface area contributed by atoms with Crippen molar-refractivity contribution in [1.29, 1.82) is 0 Å². The van der Waals surface area contributed by atoms with Gasteiger partial charge < -0.3 is 5.32 Å². The second-order valence-electron chi connectivity index (χ2n) is 5.55. The quantitative estimate of drug-likeness (QED) is 0.653. The highest BCUT2D eigenvalue weighted by Gasteiger charge is 2.06. The minimum atomic E-state index is 0.925. The first-order valence-corrected chi connectivity index (χ1v) is 8.85. The molecule has 0 amide bonds. The van der Waals surface area contributed by atoms with Crippen molar-refractivity contribution < 1.29 is 0 Å². The topological polar surface area (TPSA) is 24.9 Å². The van der Waals surface area contributed by atoms with Crippen LogP contribution < -0.4 is 5.32 Å². The van der Waals surface area contributed by atoms with E-state index in [1.807, 2.05) is 0 Å². The number of hydrogen-bond donors (Lipinski definition) is 1. The predicted molar refractivity (Wildman–Crippen MR) is 95.7 cm³/mol. The van der Waals surface area contributed by atoms with Crippen molar-refractivity contribution in [2.24, 2.45) is 0 Å². The molecule has 1 aromatic heterocycles. The average Bonchev–Trinajstić information content (AvgIpc) is 2.99. The van der Waals surface area contributed by atoms with Crippen LogP contribution in [0.3, 0.4) is 0 Å². The molecule has 0 bridgehead atoms. The van der Waals surface area contributed by atoms with Crippen molar-refractivity contribution in [3.8, 4) is 0 Å². The summed E-state index contributed by atoms with van der Waals surface area (Å²) in [6.45, 7) is 4.30. The SMILES string of the molecule is CCCNCCc1csc(Cc2cccc3ccccc23)n1. The average molecular weight is 310 g/mol. The van der Waals surface area contributed by atoms with Gasteiger partial charge >= 0.3 is 0 Å². The maximum absolute atomic E-state index is 4.79. The van der Waals surface area contributed by atoms with Crippen LogP contribution in [0.1, 0.15) is 29.6 Å². The third kappa shape index (κ3) is 3.73. The van der Waals surface area contributed by atoms with Gasteiger partial charge in [-0.15, -0.1) is 11.3 Å². The Kier molecular flexibility index (Phi) is 5.20. The molecule has 1 N–H and O–H groups in total. The van der Waals surface area contributed by atoms with Gasteiger partial charge in [0, 0.05) is 24.8 Å². The Balaban J connectivity index is 1.69. The van der Waals surface area contributed by atoms with Gasteiger partial charge in [-0.05, 0) is 29.3 Å². The van der Waals surface area contributed by atoms with Crippen LogP contribution in [0.2, 0.25) is 0 Å². The number of fused-ring (bicyclic) bond motifs is 1. The summed E-state index contributed by atoms with van der Waals surface area (Å²) in [4.78, 5) is 4.79. The first-order chi connectivity index (χ1) is 10.9. The van der Waals surface area contributed by atoms with Crippen LogP contribution in [0.15, 0.2) is 47.8 Å². The molecule has 2 aromatic carbocycles. The van der Waals surface area contributed by atoms with Gasteiger partial charge in [-0.3, -0.25) is 0 Å². The van der Waals surface area contributed by atoms with E-state index >= 15 is 0 Å². The molecule has 2 nitrogen and oxygen atoms in total. The standard InChI is InChI=1S/C19H22N2S/c1-2-11-20-12-10-17-14-22-19(21-17)13-16-8-5-7-15-6-3-4-9-18(15)16/h3-9,14,20H,2,10-13H2,1H3. The van der Waals surface area contributed by atoms with Crippen LogP contribution in [-0.4, -0.2) is 18.1 Å². The fraction of sp³-hybridized carbons (Fsp3) is 0.316. The maximum atomic E-state index is 4.79. The highest BCUT2D eigenvalue weighted by Crippen LogP contribution is 2.22. The van der Waals surface area contributed by atoms with E-state index in [-0.39, 0.29) is 0 Å². The van der Waals surface area contributed by atoms with E-state index in [0.29, 0.717) is 0 Å². The van der Waals surface area contributed by atoms with Crippen molar-refractivity contribution in [3.63, 3.8) is 0 Å². The van der Waals surface area contributed by atoms with Gasteiger partial charge in [0.05, 0.1) is 10.7 Å². The number of benzene rings is 2. The number of thiazole rings is 1. The number of aromatic nitrogens is 1. The Morgan fingerprint density at radius 2 is 1.91 bits per heavy atom. The number of rotatable bonds is 7. The van der Waals surface area contributed by atoms with Crippen LogP contribution in [-0.2, 0) is 12.8 Å². The number of nitrogens with zero attached hydrogens (tertiary/aromatic N) is 1. The van der Waals surface area contributed by atoms with Gasteiger partial charge in [0.1, 0.15) is 0 Å². The summed E-state index contributed by atoms with van der Waals surface area (Å²) in [7, 11) is 0. The Labute approximate surface area is 136 Å². The molecule has 0 atom stereocenters. The van der Waals surface area contributed by atoms with Gasteiger partial charge in [-0.2, -0.15) is 0 Å². The van der Waals surface area contributed by atoms with Crippen molar-refractivity contribution in [3.05, 3.63) is 64.1 Å². The van der Waals surface area contributed by atoms with E-state index in [2.05, 4.69) is 60.1 Å². The molecule has 0 saturated heterocycles. The molecule has 1 heterocycles. The molecule has 0 radical (unpaired) electrons. The van der Waals surface area contributed by atoms with Crippen LogP contribution in [0.25, 0.3) is 10.8 Å². The molecule has 3 rings (SSSR count). The molecule has 3 aromatic rings. The predicted octanol–water partition coefficient (Wildman–Crippen LogP) is 4.43. The molecule has 0 saturated carbocycles. The van der Waals surface area contributed by atoms with Crippen molar-refractivity contribution in [2.75, 3.05) is 13.1 Å². The Morgan fingerprint density at radius 1 is 1.05 bits per heavy atom. The summed E-state index contributed by atoms with van der Waals surface area (Å²) in [5.41, 5.74) is 2.58. The molecule has 0 unspecified atom stereocenters. The van der Waals surface area contributed by atoms with Crippen LogP contribution in [0.4, 0.5) is 0 Å². The number of nitrogens with one attached hydrogen (secondary N) is 1. The first kappa shape index (κ1) is 15.2. The fourth-order valence-electron chi connectivity index (χ4n) is 2.67. The van der Waals surface area contributed by atoms with Gasteiger partial charge in [0.25, 0.3) is 0 Å². The van der Waals surface area contributed by atoms with Crippen molar-refractivity contribution in [1.82, 2.24) is 10.3 Å². The van der Waals surface area contributed by atoms with Crippen LogP contribution in [0, 0.1) is 0 Å². The Hall–Kier alpha value is -1.71. The monoisotopic (exact) mass is 310 g/mol. The molecule has 0 aliphatic heterocycles. The summed E-state index contributed by atoms with van der Waals surface area (Å²) in [5.74, 6) is 0. The zero-order chi connectivity index (χ0) is 15.2. The second kappa shape index (κ2) is 7.52. The summed E-state index contributed by atoms with van der Waals surface area (Å²) >= 11 is 1.78. The zero-order valence-corrected chi connectivity index (χ0v) is 13.8. The smallest absolute Gasteiger partial charge is 0.0972 e. The third-order valence-corrected chi connectivity index (χ3v) is 4.70. The highest BCUT2D eigenvalue weighted by atomic mass is 32.1.